The van der Waals surface area contributed by atoms with Crippen molar-refractivity contribution in [1.29, 1.82) is 0 Å². The van der Waals surface area contributed by atoms with Gasteiger partial charge in [0.2, 0.25) is 0 Å². The van der Waals surface area contributed by atoms with E-state index >= 15 is 0 Å². The summed E-state index contributed by atoms with van der Waals surface area (Å²) in [5.74, 6) is 0.450. The Hall–Kier alpha value is -2.53. The molecule has 0 spiro atoms. The fourth-order valence-electron chi connectivity index (χ4n) is 2.52. The van der Waals surface area contributed by atoms with Crippen LogP contribution in [0.15, 0.2) is 48.5 Å². The van der Waals surface area contributed by atoms with Crippen LogP contribution in [0.3, 0.4) is 0 Å². The van der Waals surface area contributed by atoms with Gasteiger partial charge in [0.25, 0.3) is 0 Å². The van der Waals surface area contributed by atoms with E-state index in [1.807, 2.05) is 53.4 Å². The molecule has 0 saturated carbocycles. The quantitative estimate of drug-likeness (QED) is 0.806. The average Bonchev–Trinajstić information content (AvgIpc) is 2.61. The summed E-state index contributed by atoms with van der Waals surface area (Å²) in [5.41, 5.74) is 2.04. The number of methoxy groups -OCH3 is 2. The van der Waals surface area contributed by atoms with Crippen molar-refractivity contribution in [1.82, 2.24) is 4.90 Å². The molecule has 0 saturated heterocycles. The minimum atomic E-state index is -0.841. The van der Waals surface area contributed by atoms with Crippen molar-refractivity contribution in [3.63, 3.8) is 0 Å². The van der Waals surface area contributed by atoms with E-state index in [0.717, 1.165) is 11.1 Å². The minimum Gasteiger partial charge on any atom is -0.493 e. The third-order valence-corrected chi connectivity index (χ3v) is 3.97. The summed E-state index contributed by atoms with van der Waals surface area (Å²) in [6.07, 6.45) is 0. The average molecular weight is 329 g/mol. The van der Waals surface area contributed by atoms with Gasteiger partial charge in [0.05, 0.1) is 14.2 Å². The van der Waals surface area contributed by atoms with Crippen LogP contribution in [-0.4, -0.2) is 36.2 Å². The van der Waals surface area contributed by atoms with Crippen LogP contribution in [0, 0.1) is 0 Å². The molecule has 0 aliphatic heterocycles. The van der Waals surface area contributed by atoms with Gasteiger partial charge < -0.3 is 14.6 Å². The lowest BCUT2D eigenvalue weighted by Crippen LogP contribution is -2.38. The zero-order chi connectivity index (χ0) is 17.5. The number of ether oxygens (including phenoxy) is 2. The number of aliphatic carboxylic acids is 1. The maximum Gasteiger partial charge on any atom is 0.320 e. The van der Waals surface area contributed by atoms with Gasteiger partial charge in [-0.3, -0.25) is 9.69 Å². The molecular formula is C19H23NO4. The molecule has 2 aromatic carbocycles. The zero-order valence-electron chi connectivity index (χ0n) is 14.2. The summed E-state index contributed by atoms with van der Waals surface area (Å²) in [6.45, 7) is 2.76. The van der Waals surface area contributed by atoms with Gasteiger partial charge in [0.1, 0.15) is 6.04 Å². The first kappa shape index (κ1) is 17.8. The number of hydrogen-bond acceptors (Lipinski definition) is 4. The number of rotatable bonds is 8. The lowest BCUT2D eigenvalue weighted by atomic mass is 10.1. The molecule has 0 aliphatic carbocycles. The van der Waals surface area contributed by atoms with Crippen molar-refractivity contribution < 1.29 is 19.4 Å². The summed E-state index contributed by atoms with van der Waals surface area (Å²) in [5, 5.41) is 9.41. The Morgan fingerprint density at radius 1 is 1.00 bits per heavy atom. The van der Waals surface area contributed by atoms with E-state index in [0.29, 0.717) is 24.6 Å². The fourth-order valence-corrected chi connectivity index (χ4v) is 2.52. The van der Waals surface area contributed by atoms with Crippen LogP contribution in [0.25, 0.3) is 0 Å². The highest BCUT2D eigenvalue weighted by molar-refractivity contribution is 5.72. The third-order valence-electron chi connectivity index (χ3n) is 3.97. The molecule has 5 nitrogen and oxygen atoms in total. The van der Waals surface area contributed by atoms with Crippen LogP contribution in [0.1, 0.15) is 18.1 Å². The van der Waals surface area contributed by atoms with Gasteiger partial charge in [-0.25, -0.2) is 0 Å². The van der Waals surface area contributed by atoms with Crippen LogP contribution in [0.5, 0.6) is 11.5 Å². The van der Waals surface area contributed by atoms with Gasteiger partial charge in [-0.15, -0.1) is 0 Å². The van der Waals surface area contributed by atoms with E-state index in [9.17, 15) is 9.90 Å². The normalized spacial score (nSPS) is 12.0. The first-order valence-electron chi connectivity index (χ1n) is 7.76. The summed E-state index contributed by atoms with van der Waals surface area (Å²) in [4.78, 5) is 13.4. The molecule has 2 aromatic rings. The summed E-state index contributed by atoms with van der Waals surface area (Å²) >= 11 is 0. The van der Waals surface area contributed by atoms with E-state index in [2.05, 4.69) is 0 Å². The van der Waals surface area contributed by atoms with Gasteiger partial charge in [-0.1, -0.05) is 36.4 Å². The van der Waals surface area contributed by atoms with Crippen molar-refractivity contribution in [3.8, 4) is 11.5 Å². The zero-order valence-corrected chi connectivity index (χ0v) is 14.2. The minimum absolute atomic E-state index is 0.503. The molecule has 5 heteroatoms. The predicted molar refractivity (Wildman–Crippen MR) is 92.3 cm³/mol. The van der Waals surface area contributed by atoms with Crippen molar-refractivity contribution in [2.75, 3.05) is 14.2 Å². The van der Waals surface area contributed by atoms with Gasteiger partial charge in [-0.05, 0) is 30.2 Å². The standard InChI is InChI=1S/C19H23NO4/c1-14(19(21)22)20(12-15-7-5-4-6-8-15)13-16-9-10-17(23-2)18(11-16)24-3/h4-11,14H,12-13H2,1-3H3,(H,21,22)/t14-/m0/s1. The van der Waals surface area contributed by atoms with Gasteiger partial charge in [0.15, 0.2) is 11.5 Å². The van der Waals surface area contributed by atoms with Crippen molar-refractivity contribution in [3.05, 3.63) is 59.7 Å². The fraction of sp³-hybridized carbons (Fsp3) is 0.316. The highest BCUT2D eigenvalue weighted by Crippen LogP contribution is 2.28. The maximum absolute atomic E-state index is 11.5. The van der Waals surface area contributed by atoms with Crippen molar-refractivity contribution >= 4 is 5.97 Å². The van der Waals surface area contributed by atoms with Crippen LogP contribution in [0.2, 0.25) is 0 Å². The lowest BCUT2D eigenvalue weighted by Gasteiger charge is -2.26. The molecule has 0 bridgehead atoms. The van der Waals surface area contributed by atoms with Crippen molar-refractivity contribution in [2.24, 2.45) is 0 Å². The van der Waals surface area contributed by atoms with E-state index in [4.69, 9.17) is 9.47 Å². The molecule has 0 unspecified atom stereocenters. The number of carboxylic acid groups (broad SMARTS) is 1. The maximum atomic E-state index is 11.5. The second kappa shape index (κ2) is 8.36. The first-order chi connectivity index (χ1) is 11.5. The number of carboxylic acids is 1. The molecule has 0 heterocycles. The van der Waals surface area contributed by atoms with E-state index in [-0.39, 0.29) is 0 Å². The van der Waals surface area contributed by atoms with E-state index in [1.54, 1.807) is 21.1 Å². The van der Waals surface area contributed by atoms with Gasteiger partial charge in [-0.2, -0.15) is 0 Å². The van der Waals surface area contributed by atoms with E-state index < -0.39 is 12.0 Å². The summed E-state index contributed by atoms with van der Waals surface area (Å²) in [7, 11) is 3.18. The third kappa shape index (κ3) is 4.49. The highest BCUT2D eigenvalue weighted by atomic mass is 16.5. The smallest absolute Gasteiger partial charge is 0.320 e. The number of benzene rings is 2. The Morgan fingerprint density at radius 3 is 2.21 bits per heavy atom. The Labute approximate surface area is 142 Å². The second-order valence-corrected chi connectivity index (χ2v) is 5.59. The molecule has 0 fully saturated rings. The molecule has 0 radical (unpaired) electrons. The molecular weight excluding hydrogens is 306 g/mol. The Balaban J connectivity index is 2.23. The molecule has 1 N–H and O–H groups in total. The molecule has 0 aromatic heterocycles. The predicted octanol–water partition coefficient (Wildman–Crippen LogP) is 3.18. The highest BCUT2D eigenvalue weighted by Gasteiger charge is 2.21. The van der Waals surface area contributed by atoms with Crippen LogP contribution in [0.4, 0.5) is 0 Å². The number of nitrogens with zero attached hydrogens (tertiary/aromatic N) is 1. The molecule has 128 valence electrons. The largest absolute Gasteiger partial charge is 0.493 e. The number of carbonyl (C=O) groups is 1. The topological polar surface area (TPSA) is 59.0 Å². The SMILES string of the molecule is COc1ccc(CN(Cc2ccccc2)[C@@H](C)C(=O)O)cc1OC. The molecule has 24 heavy (non-hydrogen) atoms. The monoisotopic (exact) mass is 329 g/mol. The second-order valence-electron chi connectivity index (χ2n) is 5.59. The Kier molecular flexibility index (Phi) is 6.21. The van der Waals surface area contributed by atoms with Crippen molar-refractivity contribution in [2.45, 2.75) is 26.1 Å². The lowest BCUT2D eigenvalue weighted by molar-refractivity contribution is -0.143. The molecule has 1 atom stereocenters. The molecule has 0 aliphatic rings. The van der Waals surface area contributed by atoms with Gasteiger partial charge >= 0.3 is 5.97 Å². The van der Waals surface area contributed by atoms with Gasteiger partial charge in [0, 0.05) is 13.1 Å². The first-order valence-corrected chi connectivity index (χ1v) is 7.76. The Morgan fingerprint density at radius 2 is 1.62 bits per heavy atom. The molecule has 0 amide bonds. The molecule has 2 rings (SSSR count). The summed E-state index contributed by atoms with van der Waals surface area (Å²) in [6, 6.07) is 14.9. The van der Waals surface area contributed by atoms with E-state index in [1.165, 1.54) is 0 Å². The number of hydrogen-bond donors (Lipinski definition) is 1. The Bertz CT molecular complexity index is 672. The van der Waals surface area contributed by atoms with Crippen LogP contribution < -0.4 is 9.47 Å². The van der Waals surface area contributed by atoms with Crippen LogP contribution >= 0.6 is 0 Å². The van der Waals surface area contributed by atoms with Crippen LogP contribution in [-0.2, 0) is 17.9 Å². The summed E-state index contributed by atoms with van der Waals surface area (Å²) < 4.78 is 10.6.